The average molecular weight is 267 g/mol. The predicted octanol–water partition coefficient (Wildman–Crippen LogP) is -1.72. The van der Waals surface area contributed by atoms with Gasteiger partial charge in [0.25, 0.3) is 0 Å². The summed E-state index contributed by atoms with van der Waals surface area (Å²) in [7, 11) is -1.61. The molecular weight excluding hydrogens is 246 g/mol. The Labute approximate surface area is 102 Å². The second-order valence-electron chi connectivity index (χ2n) is 3.63. The van der Waals surface area contributed by atoms with E-state index in [-0.39, 0.29) is 18.5 Å². The zero-order chi connectivity index (χ0) is 13.3. The predicted molar refractivity (Wildman–Crippen MR) is 65.2 cm³/mol. The van der Waals surface area contributed by atoms with E-state index in [0.29, 0.717) is 19.7 Å². The van der Waals surface area contributed by atoms with Crippen LogP contribution >= 0.6 is 0 Å². The molecule has 0 saturated heterocycles. The maximum absolute atomic E-state index is 11.4. The zero-order valence-corrected chi connectivity index (χ0v) is 11.3. The highest BCUT2D eigenvalue weighted by Crippen LogP contribution is 1.81. The van der Waals surface area contributed by atoms with Gasteiger partial charge in [-0.25, -0.2) is 13.1 Å². The largest absolute Gasteiger partial charge is 0.383 e. The summed E-state index contributed by atoms with van der Waals surface area (Å²) in [5.41, 5.74) is 0. The van der Waals surface area contributed by atoms with Crippen LogP contribution in [0.3, 0.4) is 0 Å². The van der Waals surface area contributed by atoms with Crippen LogP contribution in [0.4, 0.5) is 0 Å². The molecule has 0 aromatic heterocycles. The topological polar surface area (TPSA) is 96.5 Å². The molecule has 0 radical (unpaired) electrons. The molecule has 0 saturated carbocycles. The number of hydrogen-bond donors (Lipinski definition) is 3. The summed E-state index contributed by atoms with van der Waals surface area (Å²) in [6, 6.07) is -0.367. The fourth-order valence-electron chi connectivity index (χ4n) is 1.05. The summed E-state index contributed by atoms with van der Waals surface area (Å²) in [6.45, 7) is 3.29. The maximum atomic E-state index is 11.4. The van der Waals surface area contributed by atoms with Crippen LogP contribution in [0.2, 0.25) is 0 Å². The van der Waals surface area contributed by atoms with Crippen molar-refractivity contribution in [2.45, 2.75) is 13.0 Å². The molecule has 0 bridgehead atoms. The van der Waals surface area contributed by atoms with Gasteiger partial charge < -0.3 is 15.4 Å². The minimum Gasteiger partial charge on any atom is -0.383 e. The van der Waals surface area contributed by atoms with Crippen LogP contribution in [0.1, 0.15) is 6.92 Å². The third kappa shape index (κ3) is 10.2. The summed E-state index contributed by atoms with van der Waals surface area (Å²) in [5.74, 6) is -0.138. The van der Waals surface area contributed by atoms with Crippen molar-refractivity contribution in [1.82, 2.24) is 15.4 Å². The number of ether oxygens (including phenoxy) is 1. The van der Waals surface area contributed by atoms with Gasteiger partial charge in [0.05, 0.1) is 18.9 Å². The molecule has 0 heterocycles. The van der Waals surface area contributed by atoms with Gasteiger partial charge in [0.1, 0.15) is 0 Å². The Morgan fingerprint density at radius 3 is 2.47 bits per heavy atom. The number of nitrogens with one attached hydrogen (secondary N) is 3. The number of methoxy groups -OCH3 is 1. The summed E-state index contributed by atoms with van der Waals surface area (Å²) in [4.78, 5) is 11.4. The van der Waals surface area contributed by atoms with Crippen LogP contribution < -0.4 is 15.4 Å². The first-order valence-corrected chi connectivity index (χ1v) is 7.20. The number of carbonyl (C=O) groups is 1. The van der Waals surface area contributed by atoms with Crippen LogP contribution in [-0.4, -0.2) is 60.0 Å². The molecule has 0 aromatic rings. The number of hydrogen-bond acceptors (Lipinski definition) is 5. The lowest BCUT2D eigenvalue weighted by molar-refractivity contribution is -0.122. The molecule has 102 valence electrons. The second kappa shape index (κ2) is 8.40. The standard InChI is InChI=1S/C9H21N3O4S/c1-8(9(13)11-6-7-16-2)10-4-5-12-17(3,14)15/h8,10,12H,4-7H2,1-3H3,(H,11,13). The Kier molecular flexibility index (Phi) is 8.05. The van der Waals surface area contributed by atoms with E-state index in [1.165, 1.54) is 0 Å². The van der Waals surface area contributed by atoms with Gasteiger partial charge in [0.15, 0.2) is 0 Å². The van der Waals surface area contributed by atoms with Crippen molar-refractivity contribution in [3.05, 3.63) is 0 Å². The lowest BCUT2D eigenvalue weighted by Crippen LogP contribution is -2.45. The smallest absolute Gasteiger partial charge is 0.236 e. The van der Waals surface area contributed by atoms with E-state index in [9.17, 15) is 13.2 Å². The fourth-order valence-corrected chi connectivity index (χ4v) is 1.52. The molecule has 0 rings (SSSR count). The van der Waals surface area contributed by atoms with Crippen LogP contribution in [0, 0.1) is 0 Å². The lowest BCUT2D eigenvalue weighted by atomic mass is 10.3. The van der Waals surface area contributed by atoms with E-state index >= 15 is 0 Å². The maximum Gasteiger partial charge on any atom is 0.236 e. The minimum atomic E-state index is -3.17. The zero-order valence-electron chi connectivity index (χ0n) is 10.4. The molecule has 0 aliphatic heterocycles. The molecule has 0 spiro atoms. The number of rotatable bonds is 9. The fraction of sp³-hybridized carbons (Fsp3) is 0.889. The van der Waals surface area contributed by atoms with E-state index in [1.54, 1.807) is 14.0 Å². The highest BCUT2D eigenvalue weighted by Gasteiger charge is 2.10. The van der Waals surface area contributed by atoms with E-state index in [1.807, 2.05) is 0 Å². The van der Waals surface area contributed by atoms with Gasteiger partial charge in [0.2, 0.25) is 15.9 Å². The molecule has 8 heteroatoms. The number of carbonyl (C=O) groups excluding carboxylic acids is 1. The first-order valence-electron chi connectivity index (χ1n) is 5.31. The second-order valence-corrected chi connectivity index (χ2v) is 5.46. The molecular formula is C9H21N3O4S. The van der Waals surface area contributed by atoms with Crippen molar-refractivity contribution >= 4 is 15.9 Å². The molecule has 7 nitrogen and oxygen atoms in total. The van der Waals surface area contributed by atoms with Crippen molar-refractivity contribution in [3.63, 3.8) is 0 Å². The normalized spacial score (nSPS) is 13.4. The Hall–Kier alpha value is -0.700. The summed E-state index contributed by atoms with van der Waals surface area (Å²) in [6.07, 6.45) is 1.09. The SMILES string of the molecule is COCCNC(=O)C(C)NCCNS(C)(=O)=O. The third-order valence-corrected chi connectivity index (χ3v) is 2.67. The van der Waals surface area contributed by atoms with Crippen LogP contribution in [0.15, 0.2) is 0 Å². The number of sulfonamides is 1. The average Bonchev–Trinajstić information content (AvgIpc) is 2.23. The van der Waals surface area contributed by atoms with Crippen molar-refractivity contribution in [1.29, 1.82) is 0 Å². The van der Waals surface area contributed by atoms with Gasteiger partial charge >= 0.3 is 0 Å². The third-order valence-electron chi connectivity index (χ3n) is 1.94. The molecule has 17 heavy (non-hydrogen) atoms. The van der Waals surface area contributed by atoms with Gasteiger partial charge in [-0.3, -0.25) is 4.79 Å². The van der Waals surface area contributed by atoms with Gasteiger partial charge in [-0.05, 0) is 6.92 Å². The highest BCUT2D eigenvalue weighted by molar-refractivity contribution is 7.88. The van der Waals surface area contributed by atoms with E-state index in [2.05, 4.69) is 15.4 Å². The summed E-state index contributed by atoms with van der Waals surface area (Å²) < 4.78 is 28.6. The van der Waals surface area contributed by atoms with Crippen molar-refractivity contribution in [3.8, 4) is 0 Å². The Morgan fingerprint density at radius 2 is 1.94 bits per heavy atom. The summed E-state index contributed by atoms with van der Waals surface area (Å²) >= 11 is 0. The summed E-state index contributed by atoms with van der Waals surface area (Å²) in [5, 5.41) is 5.58. The molecule has 0 aliphatic carbocycles. The minimum absolute atomic E-state index is 0.138. The van der Waals surface area contributed by atoms with Gasteiger partial charge in [-0.15, -0.1) is 0 Å². The van der Waals surface area contributed by atoms with Crippen LogP contribution in [0.5, 0.6) is 0 Å². The van der Waals surface area contributed by atoms with E-state index in [4.69, 9.17) is 4.74 Å². The molecule has 1 unspecified atom stereocenters. The molecule has 0 aliphatic rings. The Bertz CT molecular complexity index is 318. The Morgan fingerprint density at radius 1 is 1.29 bits per heavy atom. The quantitative estimate of drug-likeness (QED) is 0.432. The van der Waals surface area contributed by atoms with Gasteiger partial charge in [-0.2, -0.15) is 0 Å². The molecule has 3 N–H and O–H groups in total. The van der Waals surface area contributed by atoms with Gasteiger partial charge in [0, 0.05) is 26.7 Å². The van der Waals surface area contributed by atoms with E-state index in [0.717, 1.165) is 6.26 Å². The molecule has 0 fully saturated rings. The monoisotopic (exact) mass is 267 g/mol. The molecule has 0 aromatic carbocycles. The lowest BCUT2D eigenvalue weighted by Gasteiger charge is -2.13. The number of amides is 1. The molecule has 1 atom stereocenters. The van der Waals surface area contributed by atoms with Crippen molar-refractivity contribution in [2.75, 3.05) is 39.6 Å². The van der Waals surface area contributed by atoms with Crippen molar-refractivity contribution < 1.29 is 17.9 Å². The van der Waals surface area contributed by atoms with E-state index < -0.39 is 10.0 Å². The first kappa shape index (κ1) is 16.3. The molecule has 1 amide bonds. The highest BCUT2D eigenvalue weighted by atomic mass is 32.2. The first-order chi connectivity index (χ1) is 7.87. The van der Waals surface area contributed by atoms with Crippen LogP contribution in [-0.2, 0) is 19.6 Å². The van der Waals surface area contributed by atoms with Crippen molar-refractivity contribution in [2.24, 2.45) is 0 Å². The van der Waals surface area contributed by atoms with Crippen LogP contribution in [0.25, 0.3) is 0 Å². The van der Waals surface area contributed by atoms with Gasteiger partial charge in [-0.1, -0.05) is 0 Å². The Balaban J connectivity index is 3.64.